The van der Waals surface area contributed by atoms with E-state index in [9.17, 15) is 31.5 Å². The number of thioether (sulfide) groups is 1. The molecule has 258 valence electrons. The Hall–Kier alpha value is -4.51. The lowest BCUT2D eigenvalue weighted by Crippen LogP contribution is -2.35. The Morgan fingerprint density at radius 1 is 1.12 bits per heavy atom. The van der Waals surface area contributed by atoms with E-state index in [-0.39, 0.29) is 30.0 Å². The van der Waals surface area contributed by atoms with Crippen molar-refractivity contribution in [1.29, 1.82) is 0 Å². The average Bonchev–Trinajstić information content (AvgIpc) is 3.29. The molecular formula is C33H23F7N6O2S2. The van der Waals surface area contributed by atoms with Crippen LogP contribution in [0.15, 0.2) is 46.8 Å². The number of carbonyl (C=O) groups excluding carboxylic acids is 2. The number of pyridine rings is 1. The van der Waals surface area contributed by atoms with E-state index in [1.807, 2.05) is 6.26 Å². The summed E-state index contributed by atoms with van der Waals surface area (Å²) in [5.41, 5.74) is -0.275. The fourth-order valence-electron chi connectivity index (χ4n) is 6.97. The molecule has 2 aromatic carbocycles. The van der Waals surface area contributed by atoms with Crippen molar-refractivity contribution in [1.82, 2.24) is 30.4 Å². The van der Waals surface area contributed by atoms with E-state index < -0.39 is 71.0 Å². The molecule has 4 heterocycles. The number of amides is 2. The summed E-state index contributed by atoms with van der Waals surface area (Å²) < 4.78 is 103. The van der Waals surface area contributed by atoms with Crippen LogP contribution >= 0.6 is 23.1 Å². The van der Waals surface area contributed by atoms with E-state index in [0.29, 0.717) is 48.7 Å². The maximum Gasteiger partial charge on any atom is 0.435 e. The Bertz CT molecular complexity index is 2230. The molecule has 2 amide bonds. The number of nitrogens with zero attached hydrogens (tertiary/aromatic N) is 4. The van der Waals surface area contributed by atoms with Crippen LogP contribution in [-0.2, 0) is 36.4 Å². The Labute approximate surface area is 286 Å². The smallest absolute Gasteiger partial charge is 0.348 e. The van der Waals surface area contributed by atoms with Crippen LogP contribution in [0.4, 0.5) is 30.7 Å². The molecule has 17 heteroatoms. The molecule has 1 aliphatic heterocycles. The van der Waals surface area contributed by atoms with E-state index in [1.165, 1.54) is 23.1 Å². The second-order valence-electron chi connectivity index (χ2n) is 12.4. The molecule has 0 unspecified atom stereocenters. The normalized spacial score (nSPS) is 19.2. The van der Waals surface area contributed by atoms with Crippen molar-refractivity contribution in [2.24, 2.45) is 5.92 Å². The van der Waals surface area contributed by atoms with Gasteiger partial charge in [0.1, 0.15) is 23.9 Å². The average molecular weight is 733 g/mol. The molecule has 2 N–H and O–H groups in total. The number of benzene rings is 2. The number of fused-ring (bicyclic) bond motifs is 5. The highest BCUT2D eigenvalue weighted by Gasteiger charge is 2.68. The number of aromatic nitrogens is 4. The summed E-state index contributed by atoms with van der Waals surface area (Å²) in [6.45, 7) is -0.659. The second kappa shape index (κ2) is 11.5. The van der Waals surface area contributed by atoms with Gasteiger partial charge >= 0.3 is 6.18 Å². The maximum absolute atomic E-state index is 15.2. The third-order valence-electron chi connectivity index (χ3n) is 9.19. The zero-order chi connectivity index (χ0) is 35.3. The molecule has 0 radical (unpaired) electrons. The fraction of sp³-hybridized carbons (Fsp3) is 0.303. The molecule has 2 aliphatic carbocycles. The third-order valence-corrected chi connectivity index (χ3v) is 11.2. The number of hydrogen-bond donors (Lipinski definition) is 2. The summed E-state index contributed by atoms with van der Waals surface area (Å²) in [7, 11) is 0. The van der Waals surface area contributed by atoms with Gasteiger partial charge in [-0.3, -0.25) is 14.3 Å². The largest absolute Gasteiger partial charge is 0.435 e. The standard InChI is InChI=1S/C33H23F7N6O2S2/c1-49-31-44-29-23(50-31)10-18(14-2-3-15-11-41-30(48)19(15)7-14)26(43-29)22(6-13-4-16(34)8-17(35)5-13)42-24(47)12-46-28-25(27(45-46)33(38,39)40)20-9-21(20)32(28,36)37/h2-5,7-8,10,20-22H,6,9,11-12H2,1H3,(H,41,48)(H,42,47)/t20-,21+,22-/m0/s1. The van der Waals surface area contributed by atoms with Gasteiger partial charge in [0.15, 0.2) is 15.7 Å². The lowest BCUT2D eigenvalue weighted by molar-refractivity contribution is -0.142. The lowest BCUT2D eigenvalue weighted by atomic mass is 9.93. The molecule has 1 fully saturated rings. The summed E-state index contributed by atoms with van der Waals surface area (Å²) in [6, 6.07) is 8.50. The topological polar surface area (TPSA) is 102 Å². The van der Waals surface area contributed by atoms with Crippen LogP contribution in [0.25, 0.3) is 21.5 Å². The van der Waals surface area contributed by atoms with Crippen molar-refractivity contribution in [2.75, 3.05) is 6.26 Å². The van der Waals surface area contributed by atoms with Crippen LogP contribution in [0.5, 0.6) is 0 Å². The zero-order valence-corrected chi connectivity index (χ0v) is 27.3. The van der Waals surface area contributed by atoms with Gasteiger partial charge in [-0.15, -0.1) is 11.3 Å². The summed E-state index contributed by atoms with van der Waals surface area (Å²) in [4.78, 5) is 35.5. The van der Waals surface area contributed by atoms with Crippen molar-refractivity contribution in [3.05, 3.63) is 93.4 Å². The first-order valence-corrected chi connectivity index (χ1v) is 17.3. The molecular weight excluding hydrogens is 710 g/mol. The zero-order valence-electron chi connectivity index (χ0n) is 25.7. The molecule has 0 bridgehead atoms. The molecule has 0 spiro atoms. The van der Waals surface area contributed by atoms with Crippen LogP contribution in [-0.4, -0.2) is 37.8 Å². The van der Waals surface area contributed by atoms with Crippen LogP contribution in [0, 0.1) is 17.6 Å². The highest BCUT2D eigenvalue weighted by Crippen LogP contribution is 2.68. The summed E-state index contributed by atoms with van der Waals surface area (Å²) >= 11 is 2.72. The molecule has 5 aromatic rings. The molecule has 3 aromatic heterocycles. The van der Waals surface area contributed by atoms with Crippen molar-refractivity contribution in [3.63, 3.8) is 0 Å². The Morgan fingerprint density at radius 2 is 1.88 bits per heavy atom. The maximum atomic E-state index is 15.2. The van der Waals surface area contributed by atoms with Gasteiger partial charge in [0.2, 0.25) is 5.91 Å². The Balaban J connectivity index is 1.23. The minimum atomic E-state index is -5.02. The van der Waals surface area contributed by atoms with E-state index in [4.69, 9.17) is 4.98 Å². The number of alkyl halides is 5. The number of rotatable bonds is 8. The number of thiazole rings is 1. The van der Waals surface area contributed by atoms with Gasteiger partial charge < -0.3 is 10.6 Å². The number of halogens is 7. The van der Waals surface area contributed by atoms with Gasteiger partial charge in [0.05, 0.1) is 16.4 Å². The molecule has 8 nitrogen and oxygen atoms in total. The molecule has 1 saturated carbocycles. The van der Waals surface area contributed by atoms with Crippen molar-refractivity contribution >= 4 is 45.3 Å². The van der Waals surface area contributed by atoms with Gasteiger partial charge in [-0.1, -0.05) is 23.9 Å². The minimum absolute atomic E-state index is 0.100. The first-order valence-electron chi connectivity index (χ1n) is 15.3. The number of nitrogens with one attached hydrogen (secondary N) is 2. The van der Waals surface area contributed by atoms with Gasteiger partial charge in [0.25, 0.3) is 11.8 Å². The lowest BCUT2D eigenvalue weighted by Gasteiger charge is -2.23. The molecule has 50 heavy (non-hydrogen) atoms. The number of hydrogen-bond acceptors (Lipinski definition) is 7. The number of carbonyl (C=O) groups is 2. The van der Waals surface area contributed by atoms with Crippen molar-refractivity contribution in [2.45, 2.75) is 54.3 Å². The highest BCUT2D eigenvalue weighted by atomic mass is 32.2. The molecule has 3 atom stereocenters. The second-order valence-corrected chi connectivity index (χ2v) is 14.5. The van der Waals surface area contributed by atoms with Gasteiger partial charge in [-0.2, -0.15) is 27.1 Å². The van der Waals surface area contributed by atoms with E-state index in [2.05, 4.69) is 20.7 Å². The van der Waals surface area contributed by atoms with E-state index in [0.717, 1.165) is 17.7 Å². The monoisotopic (exact) mass is 732 g/mol. The fourth-order valence-corrected chi connectivity index (χ4v) is 8.43. The molecule has 0 saturated heterocycles. The minimum Gasteiger partial charge on any atom is -0.348 e. The van der Waals surface area contributed by atoms with Crippen LogP contribution < -0.4 is 10.6 Å². The van der Waals surface area contributed by atoms with Crippen LogP contribution in [0.3, 0.4) is 0 Å². The quantitative estimate of drug-likeness (QED) is 0.130. The summed E-state index contributed by atoms with van der Waals surface area (Å²) in [6.07, 6.45) is -3.57. The first-order chi connectivity index (χ1) is 23.7. The predicted molar refractivity (Wildman–Crippen MR) is 169 cm³/mol. The van der Waals surface area contributed by atoms with Crippen LogP contribution in [0.2, 0.25) is 0 Å². The van der Waals surface area contributed by atoms with Gasteiger partial charge in [-0.05, 0) is 66.0 Å². The summed E-state index contributed by atoms with van der Waals surface area (Å²) in [5.74, 6) is -8.98. The van der Waals surface area contributed by atoms with Crippen molar-refractivity contribution < 1.29 is 40.3 Å². The highest BCUT2D eigenvalue weighted by molar-refractivity contribution is 8.00. The SMILES string of the molecule is CSc1nc2nc([C@H](Cc3cc(F)cc(F)c3)NC(=O)Cn3nc(C(F)(F)F)c4c3C(F)(F)[C@@H]3C[C@H]43)c(-c3ccc4c(c3)C(=O)NC4)cc2s1. The van der Waals surface area contributed by atoms with Crippen molar-refractivity contribution in [3.8, 4) is 11.1 Å². The molecule has 3 aliphatic rings. The van der Waals surface area contributed by atoms with E-state index >= 15 is 8.78 Å². The van der Waals surface area contributed by atoms with Gasteiger partial charge in [-0.25, -0.2) is 18.7 Å². The predicted octanol–water partition coefficient (Wildman–Crippen LogP) is 7.13. The van der Waals surface area contributed by atoms with Gasteiger partial charge in [0, 0.05) is 35.2 Å². The Kier molecular flexibility index (Phi) is 7.53. The van der Waals surface area contributed by atoms with E-state index in [1.54, 1.807) is 24.3 Å². The van der Waals surface area contributed by atoms with Crippen LogP contribution in [0.1, 0.15) is 62.5 Å². The Morgan fingerprint density at radius 3 is 2.60 bits per heavy atom. The third kappa shape index (κ3) is 5.50. The first kappa shape index (κ1) is 32.7. The summed E-state index contributed by atoms with van der Waals surface area (Å²) in [5, 5.41) is 8.87. The molecule has 8 rings (SSSR count).